The van der Waals surface area contributed by atoms with Crippen molar-refractivity contribution >= 4 is 34.1 Å². The van der Waals surface area contributed by atoms with Crippen LogP contribution in [0, 0.1) is 0 Å². The summed E-state index contributed by atoms with van der Waals surface area (Å²) in [5.74, 6) is -1.43. The van der Waals surface area contributed by atoms with E-state index in [1.54, 1.807) is 31.4 Å². The Labute approximate surface area is 199 Å². The third-order valence-corrected chi connectivity index (χ3v) is 6.48. The van der Waals surface area contributed by atoms with Crippen LogP contribution in [0.4, 0.5) is 5.00 Å². The fourth-order valence-corrected chi connectivity index (χ4v) is 4.98. The van der Waals surface area contributed by atoms with Crippen LogP contribution in [0.5, 0.6) is 0 Å². The number of benzene rings is 1. The molecule has 3 aromatic rings. The Morgan fingerprint density at radius 1 is 1.21 bits per heavy atom. The molecular formula is C22H24N6O5S. The molecule has 0 atom stereocenters. The van der Waals surface area contributed by atoms with Gasteiger partial charge in [0.2, 0.25) is 0 Å². The molecule has 0 fully saturated rings. The fraction of sp³-hybridized carbons (Fsp3) is 0.364. The van der Waals surface area contributed by atoms with Gasteiger partial charge in [0, 0.05) is 18.5 Å². The number of carbonyl (C=O) groups is 3. The first kappa shape index (κ1) is 23.5. The van der Waals surface area contributed by atoms with E-state index in [2.05, 4.69) is 26.2 Å². The number of tetrazole rings is 1. The predicted octanol–water partition coefficient (Wildman–Crippen LogP) is 1.77. The van der Waals surface area contributed by atoms with Crippen molar-refractivity contribution in [2.24, 2.45) is 0 Å². The number of ether oxygens (including phenoxy) is 2. The summed E-state index contributed by atoms with van der Waals surface area (Å²) < 4.78 is 11.6. The number of anilines is 1. The highest BCUT2D eigenvalue weighted by molar-refractivity contribution is 7.17. The van der Waals surface area contributed by atoms with Gasteiger partial charge in [-0.3, -0.25) is 9.59 Å². The molecule has 178 valence electrons. The molecule has 2 N–H and O–H groups in total. The van der Waals surface area contributed by atoms with E-state index < -0.39 is 18.5 Å². The van der Waals surface area contributed by atoms with Crippen LogP contribution < -0.4 is 10.6 Å². The van der Waals surface area contributed by atoms with E-state index in [0.29, 0.717) is 29.4 Å². The van der Waals surface area contributed by atoms with Gasteiger partial charge >= 0.3 is 5.97 Å². The highest BCUT2D eigenvalue weighted by Gasteiger charge is 2.26. The largest absolute Gasteiger partial charge is 0.452 e. The quantitative estimate of drug-likeness (QED) is 0.346. The first-order valence-corrected chi connectivity index (χ1v) is 11.6. The Hall–Kier alpha value is -3.64. The van der Waals surface area contributed by atoms with Crippen molar-refractivity contribution in [1.82, 2.24) is 25.5 Å². The lowest BCUT2D eigenvalue weighted by molar-refractivity contribution is -0.119. The van der Waals surface area contributed by atoms with Gasteiger partial charge in [0.25, 0.3) is 11.8 Å². The molecule has 0 aliphatic heterocycles. The van der Waals surface area contributed by atoms with Crippen LogP contribution in [0.1, 0.15) is 44.0 Å². The summed E-state index contributed by atoms with van der Waals surface area (Å²) in [4.78, 5) is 39.0. The zero-order valence-electron chi connectivity index (χ0n) is 18.6. The first-order chi connectivity index (χ1) is 16.6. The maximum absolute atomic E-state index is 12.8. The van der Waals surface area contributed by atoms with E-state index >= 15 is 0 Å². The number of nitrogens with one attached hydrogen (secondary N) is 2. The van der Waals surface area contributed by atoms with Gasteiger partial charge in [0.15, 0.2) is 6.61 Å². The van der Waals surface area contributed by atoms with Gasteiger partial charge in [0.05, 0.1) is 23.4 Å². The van der Waals surface area contributed by atoms with Crippen molar-refractivity contribution < 1.29 is 23.9 Å². The maximum atomic E-state index is 12.8. The second-order valence-electron chi connectivity index (χ2n) is 7.59. The monoisotopic (exact) mass is 484 g/mol. The summed E-state index contributed by atoms with van der Waals surface area (Å²) in [6.07, 6.45) is 5.12. The third kappa shape index (κ3) is 5.46. The van der Waals surface area contributed by atoms with E-state index in [4.69, 9.17) is 9.47 Å². The van der Waals surface area contributed by atoms with Gasteiger partial charge < -0.3 is 20.1 Å². The number of nitrogens with zero attached hydrogens (tertiary/aromatic N) is 4. The predicted molar refractivity (Wildman–Crippen MR) is 123 cm³/mol. The second kappa shape index (κ2) is 11.0. The average molecular weight is 485 g/mol. The molecule has 0 saturated heterocycles. The van der Waals surface area contributed by atoms with Crippen LogP contribution in [-0.4, -0.2) is 64.9 Å². The molecule has 1 aliphatic rings. The van der Waals surface area contributed by atoms with E-state index in [9.17, 15) is 14.4 Å². The van der Waals surface area contributed by atoms with Crippen LogP contribution in [0.3, 0.4) is 0 Å². The van der Waals surface area contributed by atoms with Gasteiger partial charge in [-0.25, -0.2) is 9.48 Å². The Kier molecular flexibility index (Phi) is 7.60. The van der Waals surface area contributed by atoms with Gasteiger partial charge in [-0.2, -0.15) is 0 Å². The summed E-state index contributed by atoms with van der Waals surface area (Å²) in [6, 6.07) is 6.53. The van der Waals surface area contributed by atoms with Crippen molar-refractivity contribution in [3.8, 4) is 5.69 Å². The number of carbonyl (C=O) groups excluding carboxylic acids is 3. The molecule has 1 aliphatic carbocycles. The molecule has 0 unspecified atom stereocenters. The zero-order valence-corrected chi connectivity index (χ0v) is 19.4. The Morgan fingerprint density at radius 3 is 2.85 bits per heavy atom. The lowest BCUT2D eigenvalue weighted by Gasteiger charge is -2.13. The number of methoxy groups -OCH3 is 1. The summed E-state index contributed by atoms with van der Waals surface area (Å²) >= 11 is 1.40. The summed E-state index contributed by atoms with van der Waals surface area (Å²) in [5, 5.41) is 17.0. The van der Waals surface area contributed by atoms with E-state index in [0.717, 1.165) is 36.1 Å². The minimum Gasteiger partial charge on any atom is -0.452 e. The van der Waals surface area contributed by atoms with Crippen LogP contribution in [0.25, 0.3) is 5.69 Å². The number of rotatable bonds is 9. The molecule has 12 heteroatoms. The van der Waals surface area contributed by atoms with Crippen molar-refractivity contribution in [3.05, 3.63) is 52.2 Å². The molecule has 34 heavy (non-hydrogen) atoms. The molecule has 2 aromatic heterocycles. The Bertz CT molecular complexity index is 1180. The Morgan fingerprint density at radius 2 is 2.06 bits per heavy atom. The molecule has 1 aromatic carbocycles. The molecule has 0 spiro atoms. The molecule has 0 radical (unpaired) electrons. The number of hydrogen-bond donors (Lipinski definition) is 2. The lowest BCUT2D eigenvalue weighted by Crippen LogP contribution is -2.29. The number of hydrogen-bond acceptors (Lipinski definition) is 9. The summed E-state index contributed by atoms with van der Waals surface area (Å²) in [5.41, 5.74) is 2.31. The summed E-state index contributed by atoms with van der Waals surface area (Å²) in [7, 11) is 1.56. The van der Waals surface area contributed by atoms with Crippen molar-refractivity contribution in [1.29, 1.82) is 0 Å². The number of thiophene rings is 1. The van der Waals surface area contributed by atoms with E-state index in [-0.39, 0.29) is 11.5 Å². The smallest absolute Gasteiger partial charge is 0.338 e. The lowest BCUT2D eigenvalue weighted by atomic mass is 9.95. The SMILES string of the molecule is COCCNC(=O)c1c(NC(=O)COC(=O)c2cccc(-n3cnnn3)c2)sc2c1CCCC2. The standard InChI is InChI=1S/C22H24N6O5S/c1-32-10-9-23-20(30)19-16-7-2-3-8-17(16)34-21(19)25-18(29)12-33-22(31)14-5-4-6-15(11-14)28-13-24-26-27-28/h4-6,11,13H,2-3,7-10,12H2,1H3,(H,23,30)(H,25,29). The highest BCUT2D eigenvalue weighted by Crippen LogP contribution is 2.38. The molecule has 0 saturated carbocycles. The molecule has 2 amide bonds. The van der Waals surface area contributed by atoms with Crippen LogP contribution >= 0.6 is 11.3 Å². The van der Waals surface area contributed by atoms with Crippen LogP contribution in [0.2, 0.25) is 0 Å². The van der Waals surface area contributed by atoms with Crippen LogP contribution in [-0.2, 0) is 27.1 Å². The van der Waals surface area contributed by atoms with E-state index in [1.807, 2.05) is 0 Å². The topological polar surface area (TPSA) is 137 Å². The van der Waals surface area contributed by atoms with Gasteiger partial charge in [-0.05, 0) is 59.9 Å². The molecule has 2 heterocycles. The third-order valence-electron chi connectivity index (χ3n) is 5.27. The van der Waals surface area contributed by atoms with E-state index in [1.165, 1.54) is 22.3 Å². The van der Waals surface area contributed by atoms with Gasteiger partial charge in [-0.1, -0.05) is 6.07 Å². The molecule has 0 bridgehead atoms. The maximum Gasteiger partial charge on any atom is 0.338 e. The zero-order chi connectivity index (χ0) is 23.9. The highest BCUT2D eigenvalue weighted by atomic mass is 32.1. The summed E-state index contributed by atoms with van der Waals surface area (Å²) in [6.45, 7) is 0.278. The minimum atomic E-state index is -0.659. The minimum absolute atomic E-state index is 0.247. The van der Waals surface area contributed by atoms with Gasteiger partial charge in [0.1, 0.15) is 11.3 Å². The molecule has 4 rings (SSSR count). The second-order valence-corrected chi connectivity index (χ2v) is 8.70. The number of aromatic nitrogens is 4. The van der Waals surface area contributed by atoms with Crippen LogP contribution in [0.15, 0.2) is 30.6 Å². The van der Waals surface area contributed by atoms with Gasteiger partial charge in [-0.15, -0.1) is 16.4 Å². The normalized spacial score (nSPS) is 12.6. The Balaban J connectivity index is 1.41. The van der Waals surface area contributed by atoms with Crippen molar-refractivity contribution in [2.75, 3.05) is 32.2 Å². The average Bonchev–Trinajstić information content (AvgIpc) is 3.51. The number of aryl methyl sites for hydroxylation is 1. The van der Waals surface area contributed by atoms with Crippen molar-refractivity contribution in [3.63, 3.8) is 0 Å². The molecule has 11 nitrogen and oxygen atoms in total. The first-order valence-electron chi connectivity index (χ1n) is 10.8. The number of esters is 1. The van der Waals surface area contributed by atoms with Crippen molar-refractivity contribution in [2.45, 2.75) is 25.7 Å². The number of amides is 2. The fourth-order valence-electron chi connectivity index (χ4n) is 3.68. The number of fused-ring (bicyclic) bond motifs is 1. The molecular weight excluding hydrogens is 460 g/mol.